The van der Waals surface area contributed by atoms with Crippen LogP contribution in [0.3, 0.4) is 0 Å². The molecule has 0 aromatic heterocycles. The van der Waals surface area contributed by atoms with Gasteiger partial charge in [-0.05, 0) is 18.1 Å². The summed E-state index contributed by atoms with van der Waals surface area (Å²) in [6.45, 7) is 4.83. The quantitative estimate of drug-likeness (QED) is 0.831. The molecular formula is C11H14ClNO2. The summed E-state index contributed by atoms with van der Waals surface area (Å²) in [4.78, 5) is 11.0. The van der Waals surface area contributed by atoms with Gasteiger partial charge in [0.2, 0.25) is 0 Å². The number of benzene rings is 1. The van der Waals surface area contributed by atoms with Crippen molar-refractivity contribution >= 4 is 23.3 Å². The number of anilines is 1. The molecule has 0 aliphatic carbocycles. The highest BCUT2D eigenvalue weighted by atomic mass is 35.5. The van der Waals surface area contributed by atoms with Crippen molar-refractivity contribution in [2.75, 3.05) is 11.9 Å². The second kappa shape index (κ2) is 5.03. The first-order valence-electron chi connectivity index (χ1n) is 4.78. The molecule has 0 fully saturated rings. The number of carboxylic acid groups (broad SMARTS) is 1. The van der Waals surface area contributed by atoms with E-state index < -0.39 is 5.97 Å². The van der Waals surface area contributed by atoms with E-state index in [0.29, 0.717) is 11.6 Å². The first-order chi connectivity index (χ1) is 7.02. The average Bonchev–Trinajstić information content (AvgIpc) is 2.13. The molecule has 1 aromatic carbocycles. The first kappa shape index (κ1) is 11.9. The maximum Gasteiger partial charge on any atom is 0.339 e. The molecule has 4 heteroatoms. The molecule has 1 rings (SSSR count). The Hall–Kier alpha value is -1.22. The standard InChI is InChI=1S/C11H14ClNO2/c1-7(2)6-13-9-5-3-4-8(12)10(9)11(14)15/h3-5,7,13H,6H2,1-2H3,(H,14,15). The molecule has 3 nitrogen and oxygen atoms in total. The maximum atomic E-state index is 11.0. The molecule has 0 heterocycles. The number of carbonyl (C=O) groups is 1. The molecule has 0 bridgehead atoms. The molecule has 2 N–H and O–H groups in total. The molecule has 82 valence electrons. The Morgan fingerprint density at radius 1 is 1.53 bits per heavy atom. The predicted molar refractivity (Wildman–Crippen MR) is 61.7 cm³/mol. The second-order valence-electron chi connectivity index (χ2n) is 3.74. The van der Waals surface area contributed by atoms with Crippen molar-refractivity contribution < 1.29 is 9.90 Å². The first-order valence-corrected chi connectivity index (χ1v) is 5.16. The molecule has 0 radical (unpaired) electrons. The molecule has 15 heavy (non-hydrogen) atoms. The van der Waals surface area contributed by atoms with Crippen molar-refractivity contribution in [2.45, 2.75) is 13.8 Å². The molecule has 0 unspecified atom stereocenters. The van der Waals surface area contributed by atoms with E-state index in [1.807, 2.05) is 0 Å². The molecule has 0 spiro atoms. The highest BCUT2D eigenvalue weighted by molar-refractivity contribution is 6.34. The summed E-state index contributed by atoms with van der Waals surface area (Å²) < 4.78 is 0. The van der Waals surface area contributed by atoms with Crippen molar-refractivity contribution in [1.82, 2.24) is 0 Å². The van der Waals surface area contributed by atoms with Gasteiger partial charge in [0.05, 0.1) is 10.7 Å². The van der Waals surface area contributed by atoms with Gasteiger partial charge in [-0.3, -0.25) is 0 Å². The fourth-order valence-corrected chi connectivity index (χ4v) is 1.46. The molecule has 0 saturated heterocycles. The van der Waals surface area contributed by atoms with Gasteiger partial charge in [-0.2, -0.15) is 0 Å². The minimum atomic E-state index is -1.01. The molecule has 0 aliphatic rings. The normalized spacial score (nSPS) is 10.4. The Kier molecular flexibility index (Phi) is 3.97. The van der Waals surface area contributed by atoms with E-state index in [1.165, 1.54) is 0 Å². The lowest BCUT2D eigenvalue weighted by Crippen LogP contribution is -2.11. The molecule has 0 aliphatic heterocycles. The monoisotopic (exact) mass is 227 g/mol. The van der Waals surface area contributed by atoms with E-state index in [-0.39, 0.29) is 10.6 Å². The van der Waals surface area contributed by atoms with Crippen LogP contribution in [0.15, 0.2) is 18.2 Å². The lowest BCUT2D eigenvalue weighted by Gasteiger charge is -2.12. The van der Waals surface area contributed by atoms with Crippen LogP contribution in [0.25, 0.3) is 0 Å². The Morgan fingerprint density at radius 3 is 2.73 bits per heavy atom. The number of hydrogen-bond acceptors (Lipinski definition) is 2. The summed E-state index contributed by atoms with van der Waals surface area (Å²) in [6, 6.07) is 5.03. The fraction of sp³-hybridized carbons (Fsp3) is 0.364. The van der Waals surface area contributed by atoms with Crippen molar-refractivity contribution in [3.05, 3.63) is 28.8 Å². The van der Waals surface area contributed by atoms with Crippen LogP contribution in [-0.2, 0) is 0 Å². The fourth-order valence-electron chi connectivity index (χ4n) is 1.20. The second-order valence-corrected chi connectivity index (χ2v) is 4.15. The topological polar surface area (TPSA) is 49.3 Å². The van der Waals surface area contributed by atoms with Crippen LogP contribution < -0.4 is 5.32 Å². The highest BCUT2D eigenvalue weighted by Crippen LogP contribution is 2.24. The molecule has 0 amide bonds. The van der Waals surface area contributed by atoms with E-state index >= 15 is 0 Å². The summed E-state index contributed by atoms with van der Waals surface area (Å²) >= 11 is 5.82. The number of carboxylic acids is 1. The van der Waals surface area contributed by atoms with Crippen molar-refractivity contribution in [2.24, 2.45) is 5.92 Å². The van der Waals surface area contributed by atoms with E-state index in [2.05, 4.69) is 19.2 Å². The lowest BCUT2D eigenvalue weighted by atomic mass is 10.1. The zero-order chi connectivity index (χ0) is 11.4. The van der Waals surface area contributed by atoms with E-state index in [1.54, 1.807) is 18.2 Å². The van der Waals surface area contributed by atoms with Gasteiger partial charge in [0, 0.05) is 6.54 Å². The van der Waals surface area contributed by atoms with Crippen LogP contribution in [0.2, 0.25) is 5.02 Å². The van der Waals surface area contributed by atoms with Crippen LogP contribution >= 0.6 is 11.6 Å². The Balaban J connectivity index is 2.96. The minimum Gasteiger partial charge on any atom is -0.478 e. The van der Waals surface area contributed by atoms with Crippen LogP contribution in [0, 0.1) is 5.92 Å². The van der Waals surface area contributed by atoms with Gasteiger partial charge in [-0.15, -0.1) is 0 Å². The van der Waals surface area contributed by atoms with Gasteiger partial charge in [-0.25, -0.2) is 4.79 Å². The summed E-state index contributed by atoms with van der Waals surface area (Å²) in [5.74, 6) is -0.558. The minimum absolute atomic E-state index is 0.139. The van der Waals surface area contributed by atoms with E-state index in [9.17, 15) is 4.79 Å². The van der Waals surface area contributed by atoms with Gasteiger partial charge in [0.25, 0.3) is 0 Å². The Bertz CT molecular complexity index is 364. The molecule has 0 atom stereocenters. The van der Waals surface area contributed by atoms with E-state index in [4.69, 9.17) is 16.7 Å². The lowest BCUT2D eigenvalue weighted by molar-refractivity contribution is 0.0698. The van der Waals surface area contributed by atoms with Crippen LogP contribution in [0.1, 0.15) is 24.2 Å². The number of nitrogens with one attached hydrogen (secondary N) is 1. The number of halogens is 1. The SMILES string of the molecule is CC(C)CNc1cccc(Cl)c1C(=O)O. The van der Waals surface area contributed by atoms with Gasteiger partial charge in [0.1, 0.15) is 5.56 Å². The third-order valence-corrected chi connectivity index (χ3v) is 2.24. The molecule has 0 saturated carbocycles. The van der Waals surface area contributed by atoms with Crippen molar-refractivity contribution in [3.63, 3.8) is 0 Å². The van der Waals surface area contributed by atoms with Crippen molar-refractivity contribution in [1.29, 1.82) is 0 Å². The number of rotatable bonds is 4. The van der Waals surface area contributed by atoms with Gasteiger partial charge >= 0.3 is 5.97 Å². The van der Waals surface area contributed by atoms with Gasteiger partial charge in [-0.1, -0.05) is 31.5 Å². The van der Waals surface area contributed by atoms with Crippen LogP contribution in [0.5, 0.6) is 0 Å². The summed E-state index contributed by atoms with van der Waals surface area (Å²) in [5.41, 5.74) is 0.712. The summed E-state index contributed by atoms with van der Waals surface area (Å²) in [7, 11) is 0. The van der Waals surface area contributed by atoms with Crippen LogP contribution in [0.4, 0.5) is 5.69 Å². The Morgan fingerprint density at radius 2 is 2.20 bits per heavy atom. The summed E-state index contributed by atoms with van der Waals surface area (Å²) in [5, 5.41) is 12.3. The number of hydrogen-bond donors (Lipinski definition) is 2. The third kappa shape index (κ3) is 3.13. The highest BCUT2D eigenvalue weighted by Gasteiger charge is 2.13. The van der Waals surface area contributed by atoms with Gasteiger partial charge < -0.3 is 10.4 Å². The third-order valence-electron chi connectivity index (χ3n) is 1.93. The maximum absolute atomic E-state index is 11.0. The zero-order valence-electron chi connectivity index (χ0n) is 8.75. The average molecular weight is 228 g/mol. The number of aromatic carboxylic acids is 1. The molecule has 1 aromatic rings. The van der Waals surface area contributed by atoms with Crippen LogP contribution in [-0.4, -0.2) is 17.6 Å². The van der Waals surface area contributed by atoms with Crippen molar-refractivity contribution in [3.8, 4) is 0 Å². The van der Waals surface area contributed by atoms with Gasteiger partial charge in [0.15, 0.2) is 0 Å². The molecular weight excluding hydrogens is 214 g/mol. The Labute approximate surface area is 94.1 Å². The predicted octanol–water partition coefficient (Wildman–Crippen LogP) is 3.11. The van der Waals surface area contributed by atoms with E-state index in [0.717, 1.165) is 6.54 Å². The zero-order valence-corrected chi connectivity index (χ0v) is 9.51. The summed E-state index contributed by atoms with van der Waals surface area (Å²) in [6.07, 6.45) is 0. The smallest absolute Gasteiger partial charge is 0.339 e. The largest absolute Gasteiger partial charge is 0.478 e.